The van der Waals surface area contributed by atoms with Crippen LogP contribution in [0.15, 0.2) is 48.5 Å². The summed E-state index contributed by atoms with van der Waals surface area (Å²) in [5, 5.41) is 5.19. The average Bonchev–Trinajstić information content (AvgIpc) is 2.61. The molecule has 0 fully saturated rings. The Bertz CT molecular complexity index is 874. The molecule has 2 aromatic rings. The molecule has 0 aromatic heterocycles. The normalized spacial score (nSPS) is 11.2. The minimum absolute atomic E-state index is 0.0725. The van der Waals surface area contributed by atoms with E-state index in [1.54, 1.807) is 36.4 Å². The van der Waals surface area contributed by atoms with Crippen molar-refractivity contribution >= 4 is 34.9 Å². The molecule has 2 amide bonds. The Hall–Kier alpha value is -3.48. The maximum atomic E-state index is 12.2. The fourth-order valence-electron chi connectivity index (χ4n) is 2.24. The van der Waals surface area contributed by atoms with Crippen LogP contribution in [0.3, 0.4) is 0 Å². The zero-order chi connectivity index (χ0) is 20.0. The molecule has 0 aliphatic carbocycles. The molecule has 1 unspecified atom stereocenters. The minimum Gasteiger partial charge on any atom is -0.449 e. The van der Waals surface area contributed by atoms with Gasteiger partial charge in [-0.25, -0.2) is 4.79 Å². The Morgan fingerprint density at radius 2 is 1.52 bits per heavy atom. The van der Waals surface area contributed by atoms with Gasteiger partial charge in [0.05, 0.1) is 5.56 Å². The fraction of sp³-hybridized carbons (Fsp3) is 0.200. The van der Waals surface area contributed by atoms with Gasteiger partial charge in [-0.3, -0.25) is 14.4 Å². The first-order valence-electron chi connectivity index (χ1n) is 8.27. The lowest BCUT2D eigenvalue weighted by molar-refractivity contribution is -0.123. The molecule has 0 bridgehead atoms. The first kappa shape index (κ1) is 19.8. The summed E-state index contributed by atoms with van der Waals surface area (Å²) in [6.45, 7) is 4.27. The van der Waals surface area contributed by atoms with Crippen LogP contribution in [-0.2, 0) is 14.3 Å². The third kappa shape index (κ3) is 5.78. The average molecular weight is 368 g/mol. The van der Waals surface area contributed by atoms with Crippen LogP contribution in [0.25, 0.3) is 0 Å². The molecular formula is C20H20N2O5. The van der Waals surface area contributed by atoms with Gasteiger partial charge in [0.15, 0.2) is 11.9 Å². The number of carbonyl (C=O) groups is 4. The highest BCUT2D eigenvalue weighted by Crippen LogP contribution is 2.14. The molecule has 0 heterocycles. The standard InChI is InChI=1S/C20H20N2O5/c1-12(23)15-7-9-17(10-8-15)22-19(25)13(2)27-20(26)16-5-4-6-18(11-16)21-14(3)24/h4-11,13H,1-3H3,(H,21,24)(H,22,25). The van der Waals surface area contributed by atoms with E-state index >= 15 is 0 Å². The highest BCUT2D eigenvalue weighted by atomic mass is 16.5. The molecule has 0 spiro atoms. The molecule has 0 aliphatic heterocycles. The van der Waals surface area contributed by atoms with Gasteiger partial charge in [0.1, 0.15) is 0 Å². The zero-order valence-electron chi connectivity index (χ0n) is 15.2. The van der Waals surface area contributed by atoms with Crippen molar-refractivity contribution in [2.45, 2.75) is 26.9 Å². The number of anilines is 2. The van der Waals surface area contributed by atoms with Gasteiger partial charge >= 0.3 is 5.97 Å². The van der Waals surface area contributed by atoms with E-state index in [-0.39, 0.29) is 17.3 Å². The van der Waals surface area contributed by atoms with Gasteiger partial charge in [-0.05, 0) is 56.3 Å². The van der Waals surface area contributed by atoms with Crippen molar-refractivity contribution in [3.05, 3.63) is 59.7 Å². The molecule has 1 atom stereocenters. The smallest absolute Gasteiger partial charge is 0.338 e. The van der Waals surface area contributed by atoms with E-state index in [9.17, 15) is 19.2 Å². The number of ether oxygens (including phenoxy) is 1. The molecule has 0 saturated heterocycles. The first-order valence-corrected chi connectivity index (χ1v) is 8.27. The molecular weight excluding hydrogens is 348 g/mol. The summed E-state index contributed by atoms with van der Waals surface area (Å²) in [5.74, 6) is -1.52. The summed E-state index contributed by atoms with van der Waals surface area (Å²) in [6, 6.07) is 12.6. The molecule has 2 aromatic carbocycles. The van der Waals surface area contributed by atoms with Crippen LogP contribution in [0.2, 0.25) is 0 Å². The lowest BCUT2D eigenvalue weighted by Gasteiger charge is -2.14. The monoisotopic (exact) mass is 368 g/mol. The van der Waals surface area contributed by atoms with Crippen LogP contribution >= 0.6 is 0 Å². The first-order chi connectivity index (χ1) is 12.8. The number of amides is 2. The molecule has 7 heteroatoms. The minimum atomic E-state index is -1.03. The molecule has 27 heavy (non-hydrogen) atoms. The number of nitrogens with one attached hydrogen (secondary N) is 2. The van der Waals surface area contributed by atoms with Crippen LogP contribution in [0.5, 0.6) is 0 Å². The van der Waals surface area contributed by atoms with Gasteiger partial charge in [-0.1, -0.05) is 6.07 Å². The summed E-state index contributed by atoms with van der Waals surface area (Å²) < 4.78 is 5.17. The Kier molecular flexibility index (Phi) is 6.43. The molecule has 0 radical (unpaired) electrons. The van der Waals surface area contributed by atoms with E-state index in [0.29, 0.717) is 16.9 Å². The maximum absolute atomic E-state index is 12.2. The van der Waals surface area contributed by atoms with E-state index in [1.165, 1.54) is 32.9 Å². The van der Waals surface area contributed by atoms with Crippen molar-refractivity contribution in [3.8, 4) is 0 Å². The van der Waals surface area contributed by atoms with Crippen molar-refractivity contribution in [2.75, 3.05) is 10.6 Å². The van der Waals surface area contributed by atoms with Crippen LogP contribution in [0, 0.1) is 0 Å². The van der Waals surface area contributed by atoms with Gasteiger partial charge in [-0.2, -0.15) is 0 Å². The number of carbonyl (C=O) groups excluding carboxylic acids is 4. The van der Waals surface area contributed by atoms with Gasteiger partial charge in [0.2, 0.25) is 5.91 Å². The van der Waals surface area contributed by atoms with Crippen LogP contribution < -0.4 is 10.6 Å². The summed E-state index contributed by atoms with van der Waals surface area (Å²) in [7, 11) is 0. The predicted molar refractivity (Wildman–Crippen MR) is 101 cm³/mol. The lowest BCUT2D eigenvalue weighted by Crippen LogP contribution is -2.30. The maximum Gasteiger partial charge on any atom is 0.338 e. The number of hydrogen-bond acceptors (Lipinski definition) is 5. The SMILES string of the molecule is CC(=O)Nc1cccc(C(=O)OC(C)C(=O)Nc2ccc(C(C)=O)cc2)c1. The van der Waals surface area contributed by atoms with Gasteiger partial charge in [0, 0.05) is 23.9 Å². The van der Waals surface area contributed by atoms with Crippen molar-refractivity contribution in [1.82, 2.24) is 0 Å². The molecule has 140 valence electrons. The second-order valence-corrected chi connectivity index (χ2v) is 5.93. The van der Waals surface area contributed by atoms with E-state index in [2.05, 4.69) is 10.6 Å². The van der Waals surface area contributed by atoms with Crippen LogP contribution in [0.1, 0.15) is 41.5 Å². The Labute approximate surface area is 156 Å². The Balaban J connectivity index is 1.98. The summed E-state index contributed by atoms with van der Waals surface area (Å²) >= 11 is 0. The second kappa shape index (κ2) is 8.75. The van der Waals surface area contributed by atoms with Gasteiger partial charge in [0.25, 0.3) is 5.91 Å². The van der Waals surface area contributed by atoms with Crippen LogP contribution in [0.4, 0.5) is 11.4 Å². The van der Waals surface area contributed by atoms with Gasteiger partial charge in [-0.15, -0.1) is 0 Å². The summed E-state index contributed by atoms with van der Waals surface area (Å²) in [6.07, 6.45) is -1.03. The van der Waals surface area contributed by atoms with E-state index < -0.39 is 18.0 Å². The number of hydrogen-bond donors (Lipinski definition) is 2. The number of esters is 1. The molecule has 0 saturated carbocycles. The van der Waals surface area contributed by atoms with Crippen molar-refractivity contribution in [3.63, 3.8) is 0 Å². The third-order valence-electron chi connectivity index (χ3n) is 3.63. The van der Waals surface area contributed by atoms with Crippen molar-refractivity contribution in [1.29, 1.82) is 0 Å². The Morgan fingerprint density at radius 1 is 0.852 bits per heavy atom. The lowest BCUT2D eigenvalue weighted by atomic mass is 10.1. The predicted octanol–water partition coefficient (Wildman–Crippen LogP) is 3.03. The zero-order valence-corrected chi connectivity index (χ0v) is 15.2. The van der Waals surface area contributed by atoms with E-state index in [1.807, 2.05) is 0 Å². The molecule has 0 aliphatic rings. The molecule has 2 N–H and O–H groups in total. The second-order valence-electron chi connectivity index (χ2n) is 5.93. The number of rotatable bonds is 6. The number of Topliss-reactive ketones (excluding diaryl/α,β-unsaturated/α-hetero) is 1. The van der Waals surface area contributed by atoms with Gasteiger partial charge < -0.3 is 15.4 Å². The Morgan fingerprint density at radius 3 is 2.11 bits per heavy atom. The van der Waals surface area contributed by atoms with Crippen molar-refractivity contribution < 1.29 is 23.9 Å². The van der Waals surface area contributed by atoms with Crippen molar-refractivity contribution in [2.24, 2.45) is 0 Å². The number of ketones is 1. The molecule has 7 nitrogen and oxygen atoms in total. The fourth-order valence-corrected chi connectivity index (χ4v) is 2.24. The van der Waals surface area contributed by atoms with E-state index in [4.69, 9.17) is 4.74 Å². The highest BCUT2D eigenvalue weighted by Gasteiger charge is 2.19. The topological polar surface area (TPSA) is 102 Å². The number of benzene rings is 2. The summed E-state index contributed by atoms with van der Waals surface area (Å²) in [5.41, 5.74) is 1.69. The summed E-state index contributed by atoms with van der Waals surface area (Å²) in [4.78, 5) is 46.8. The van der Waals surface area contributed by atoms with E-state index in [0.717, 1.165) is 0 Å². The quantitative estimate of drug-likeness (QED) is 0.603. The highest BCUT2D eigenvalue weighted by molar-refractivity contribution is 5.99. The molecule has 2 rings (SSSR count). The third-order valence-corrected chi connectivity index (χ3v) is 3.63. The van der Waals surface area contributed by atoms with Crippen LogP contribution in [-0.4, -0.2) is 29.7 Å². The largest absolute Gasteiger partial charge is 0.449 e.